The Morgan fingerprint density at radius 2 is 1.68 bits per heavy atom. The third kappa shape index (κ3) is 9.71. The lowest BCUT2D eigenvalue weighted by molar-refractivity contribution is -0.327. The average molecular weight is 832 g/mol. The van der Waals surface area contributed by atoms with Crippen LogP contribution in [0.5, 0.6) is 5.75 Å². The van der Waals surface area contributed by atoms with Gasteiger partial charge in [0, 0.05) is 45.1 Å². The molecular weight excluding hydrogens is 774 g/mol. The Hall–Kier alpha value is -3.84. The highest BCUT2D eigenvalue weighted by Crippen LogP contribution is 2.59. The molecule has 3 aliphatic carbocycles. The number of hydrogen-bond acceptors (Lipinski definition) is 15. The number of Topliss-reactive ketones (excluding diaryl/α,β-unsaturated/α-hetero) is 2. The van der Waals surface area contributed by atoms with Crippen LogP contribution in [0.15, 0.2) is 18.2 Å². The predicted molar refractivity (Wildman–Crippen MR) is 203 cm³/mol. The number of esters is 2. The van der Waals surface area contributed by atoms with Crippen LogP contribution in [0.3, 0.4) is 0 Å². The van der Waals surface area contributed by atoms with Crippen molar-refractivity contribution in [3.05, 3.63) is 29.3 Å². The van der Waals surface area contributed by atoms with E-state index in [0.29, 0.717) is 35.7 Å². The van der Waals surface area contributed by atoms with Gasteiger partial charge in [-0.1, -0.05) is 13.0 Å². The molecule has 5 N–H and O–H groups in total. The molecule has 59 heavy (non-hydrogen) atoms. The first-order valence-electron chi connectivity index (χ1n) is 20.6. The Kier molecular flexibility index (Phi) is 14.3. The maximum absolute atomic E-state index is 12.7. The molecule has 0 radical (unpaired) electrons. The molecule has 0 bridgehead atoms. The van der Waals surface area contributed by atoms with Gasteiger partial charge in [-0.05, 0) is 86.5 Å². The molecule has 1 aromatic carbocycles. The summed E-state index contributed by atoms with van der Waals surface area (Å²) in [6.07, 6.45) is -8.25. The second-order valence-corrected chi connectivity index (χ2v) is 16.9. The summed E-state index contributed by atoms with van der Waals surface area (Å²) < 4.78 is 33.0. The number of carbonyl (C=O) groups excluding carboxylic acids is 5. The lowest BCUT2D eigenvalue weighted by atomic mass is 9.55. The zero-order chi connectivity index (χ0) is 42.8. The molecule has 326 valence electrons. The van der Waals surface area contributed by atoms with Crippen LogP contribution in [0, 0.1) is 17.3 Å². The third-order valence-corrected chi connectivity index (χ3v) is 13.2. The fourth-order valence-corrected chi connectivity index (χ4v) is 10.1. The topological polar surface area (TPSA) is 251 Å². The molecule has 17 nitrogen and oxygen atoms in total. The van der Waals surface area contributed by atoms with Crippen LogP contribution >= 0.6 is 0 Å². The van der Waals surface area contributed by atoms with E-state index >= 15 is 0 Å². The first kappa shape index (κ1) is 44.7. The quantitative estimate of drug-likeness (QED) is 0.125. The normalized spacial score (nSPS) is 36.4. The predicted octanol–water partition coefficient (Wildman–Crippen LogP) is 1.66. The molecule has 1 aromatic rings. The Bertz CT molecular complexity index is 1750. The van der Waals surface area contributed by atoms with Crippen LogP contribution in [0.2, 0.25) is 0 Å². The van der Waals surface area contributed by atoms with Crippen molar-refractivity contribution in [2.75, 3.05) is 13.7 Å². The Labute approximate surface area is 342 Å². The Morgan fingerprint density at radius 1 is 0.915 bits per heavy atom. The fraction of sp³-hybridized carbons (Fsp3) is 0.714. The number of benzene rings is 1. The summed E-state index contributed by atoms with van der Waals surface area (Å²) in [7, 11) is 1.14. The molecule has 0 spiro atoms. The molecule has 10 unspecified atom stereocenters. The number of aryl methyl sites for hydroxylation is 1. The summed E-state index contributed by atoms with van der Waals surface area (Å²) in [5.41, 5.74) is 2.26. The number of nitrogens with one attached hydrogen (secondary N) is 1. The van der Waals surface area contributed by atoms with Gasteiger partial charge in [0.2, 0.25) is 5.91 Å². The lowest BCUT2D eigenvalue weighted by Crippen LogP contribution is -2.67. The van der Waals surface area contributed by atoms with Gasteiger partial charge in [-0.25, -0.2) is 4.79 Å². The first-order valence-corrected chi connectivity index (χ1v) is 20.6. The summed E-state index contributed by atoms with van der Waals surface area (Å²) in [4.78, 5) is 74.4. The number of aliphatic hydroxyl groups excluding tert-OH is 3. The van der Waals surface area contributed by atoms with E-state index < -0.39 is 91.6 Å². The number of methoxy groups -OCH3 is 1. The van der Waals surface area contributed by atoms with Gasteiger partial charge >= 0.3 is 17.9 Å². The van der Waals surface area contributed by atoms with Crippen LogP contribution in [0.25, 0.3) is 0 Å². The first-order chi connectivity index (χ1) is 28.0. The van der Waals surface area contributed by atoms with E-state index in [0.717, 1.165) is 39.2 Å². The van der Waals surface area contributed by atoms with Crippen molar-refractivity contribution >= 4 is 35.4 Å². The molecule has 4 fully saturated rings. The number of ether oxygens (including phenoxy) is 6. The smallest absolute Gasteiger partial charge is 0.335 e. The van der Waals surface area contributed by atoms with Crippen molar-refractivity contribution in [3.63, 3.8) is 0 Å². The minimum Gasteiger partial charge on any atom is -0.479 e. The van der Waals surface area contributed by atoms with E-state index in [4.69, 9.17) is 28.4 Å². The largest absolute Gasteiger partial charge is 0.479 e. The summed E-state index contributed by atoms with van der Waals surface area (Å²) in [6, 6.07) is 4.75. The Morgan fingerprint density at radius 3 is 2.39 bits per heavy atom. The van der Waals surface area contributed by atoms with Gasteiger partial charge < -0.3 is 54.2 Å². The SMILES string of the molecule is COC1C(C(=O)O)OC(OC2C(O)C(COC(=O)CCCC(=O)CCC(=O)Oc3ccc4c(c3)CC[C@@H]3[C@@H]4CC[C@]4(C)C(=O)CC[C@@H]34)OC(C)C2NC(C)=O)C(O)C1O. The van der Waals surface area contributed by atoms with E-state index in [-0.39, 0.29) is 43.3 Å². The molecular formula is C42H57NO16. The second-order valence-electron chi connectivity index (χ2n) is 16.9. The number of carboxylic acid groups (broad SMARTS) is 1. The highest BCUT2D eigenvalue weighted by Gasteiger charge is 2.55. The summed E-state index contributed by atoms with van der Waals surface area (Å²) in [6.45, 7) is 4.47. The summed E-state index contributed by atoms with van der Waals surface area (Å²) in [5.74, 6) is -1.28. The molecule has 5 aliphatic rings. The number of fused-ring (bicyclic) bond motifs is 5. The van der Waals surface area contributed by atoms with Crippen molar-refractivity contribution in [3.8, 4) is 5.75 Å². The highest BCUT2D eigenvalue weighted by atomic mass is 16.7. The molecule has 2 saturated carbocycles. The number of amides is 1. The van der Waals surface area contributed by atoms with Crippen molar-refractivity contribution < 1.29 is 77.6 Å². The number of aliphatic carboxylic acids is 1. The number of carboxylic acids is 1. The van der Waals surface area contributed by atoms with Gasteiger partial charge in [0.25, 0.3) is 0 Å². The van der Waals surface area contributed by atoms with Crippen LogP contribution in [-0.2, 0) is 58.9 Å². The average Bonchev–Trinajstić information content (AvgIpc) is 3.50. The van der Waals surface area contributed by atoms with Crippen molar-refractivity contribution in [2.24, 2.45) is 17.3 Å². The third-order valence-electron chi connectivity index (χ3n) is 13.2. The van der Waals surface area contributed by atoms with Crippen LogP contribution in [-0.4, -0.2) is 131 Å². The van der Waals surface area contributed by atoms with Crippen molar-refractivity contribution in [1.82, 2.24) is 5.32 Å². The zero-order valence-electron chi connectivity index (χ0n) is 33.9. The molecule has 14 atom stereocenters. The van der Waals surface area contributed by atoms with Gasteiger partial charge in [0.1, 0.15) is 60.5 Å². The molecule has 1 amide bonds. The maximum atomic E-state index is 12.7. The molecule has 6 rings (SSSR count). The van der Waals surface area contributed by atoms with E-state index in [9.17, 15) is 49.2 Å². The minimum absolute atomic E-state index is 0.0140. The number of ketones is 2. The second kappa shape index (κ2) is 18.8. The van der Waals surface area contributed by atoms with Crippen molar-refractivity contribution in [2.45, 2.75) is 158 Å². The van der Waals surface area contributed by atoms with Crippen LogP contribution < -0.4 is 10.1 Å². The molecule has 2 saturated heterocycles. The van der Waals surface area contributed by atoms with Gasteiger partial charge in [0.05, 0.1) is 18.6 Å². The van der Waals surface area contributed by atoms with Crippen LogP contribution in [0.4, 0.5) is 0 Å². The molecule has 2 heterocycles. The van der Waals surface area contributed by atoms with Gasteiger partial charge in [-0.3, -0.25) is 24.0 Å². The highest BCUT2D eigenvalue weighted by molar-refractivity contribution is 5.87. The zero-order valence-corrected chi connectivity index (χ0v) is 33.9. The maximum Gasteiger partial charge on any atom is 0.335 e. The van der Waals surface area contributed by atoms with Crippen molar-refractivity contribution in [1.29, 1.82) is 0 Å². The standard InChI is InChI=1S/C42H57NO16/c1-20-33(43-21(2)44)37(58-41-36(51)35(50)38(54-4)39(59-41)40(52)53)34(49)29(56-20)19-55-31(47)7-5-6-23(45)9-15-32(48)57-24-10-12-25-22(18-24)8-11-27-26(25)16-17-42(3)28(27)13-14-30(42)46/h10,12,18,20,26-29,33-39,41,49-51H,5-9,11,13-17,19H2,1-4H3,(H,43,44)(H,52,53)/t20?,26-,27-,28+,29?,33?,34?,35?,36?,37?,38?,39?,41?,42+/m1/s1. The van der Waals surface area contributed by atoms with Gasteiger partial charge in [-0.2, -0.15) is 0 Å². The van der Waals surface area contributed by atoms with Gasteiger partial charge in [-0.15, -0.1) is 0 Å². The van der Waals surface area contributed by atoms with Crippen LogP contribution in [0.1, 0.15) is 102 Å². The summed E-state index contributed by atoms with van der Waals surface area (Å²) in [5, 5.41) is 44.6. The monoisotopic (exact) mass is 831 g/mol. The van der Waals surface area contributed by atoms with E-state index in [1.54, 1.807) is 13.0 Å². The molecule has 17 heteroatoms. The van der Waals surface area contributed by atoms with E-state index in [1.807, 2.05) is 12.1 Å². The lowest BCUT2D eigenvalue weighted by Gasteiger charge is -2.48. The Balaban J connectivity index is 0.930. The van der Waals surface area contributed by atoms with E-state index in [1.165, 1.54) is 18.1 Å². The minimum atomic E-state index is -1.80. The number of rotatable bonds is 15. The molecule has 2 aliphatic heterocycles. The number of aliphatic hydroxyl groups is 3. The fourth-order valence-electron chi connectivity index (χ4n) is 10.1. The molecule has 0 aromatic heterocycles. The number of hydrogen-bond donors (Lipinski definition) is 5. The summed E-state index contributed by atoms with van der Waals surface area (Å²) >= 11 is 0. The number of carbonyl (C=O) groups is 6. The van der Waals surface area contributed by atoms with Gasteiger partial charge in [0.15, 0.2) is 12.4 Å². The van der Waals surface area contributed by atoms with E-state index in [2.05, 4.69) is 12.2 Å².